The smallest absolute Gasteiger partial charge is 0.339 e. The number of para-hydroxylation sites is 2. The molecule has 108 valence electrons. The number of carboxylic acid groups (broad SMARTS) is 1. The number of hydrogen-bond acceptors (Lipinski definition) is 4. The van der Waals surface area contributed by atoms with Gasteiger partial charge in [0.15, 0.2) is 5.82 Å². The third kappa shape index (κ3) is 2.81. The Kier molecular flexibility index (Phi) is 3.84. The van der Waals surface area contributed by atoms with E-state index in [-0.39, 0.29) is 11.3 Å². The first kappa shape index (κ1) is 14.4. The van der Waals surface area contributed by atoms with Gasteiger partial charge < -0.3 is 9.84 Å². The summed E-state index contributed by atoms with van der Waals surface area (Å²) >= 11 is 0. The molecular weight excluding hydrogens is 281 g/mol. The fourth-order valence-corrected chi connectivity index (χ4v) is 1.80. The Morgan fingerprint density at radius 1 is 1.24 bits per heavy atom. The molecule has 7 heteroatoms. The lowest BCUT2D eigenvalue weighted by atomic mass is 10.1. The Bertz CT molecular complexity index is 668. The summed E-state index contributed by atoms with van der Waals surface area (Å²) in [7, 11) is 0. The van der Waals surface area contributed by atoms with E-state index < -0.39 is 28.1 Å². The van der Waals surface area contributed by atoms with Crippen LogP contribution >= 0.6 is 0 Å². The van der Waals surface area contributed by atoms with Gasteiger partial charge in [-0.25, -0.2) is 9.18 Å². The summed E-state index contributed by atoms with van der Waals surface area (Å²) < 4.78 is 19.0. The van der Waals surface area contributed by atoms with Crippen LogP contribution in [0, 0.1) is 22.9 Å². The second kappa shape index (κ2) is 5.58. The second-order valence-electron chi connectivity index (χ2n) is 4.20. The molecule has 0 unspecified atom stereocenters. The third-order valence-electron chi connectivity index (χ3n) is 2.79. The van der Waals surface area contributed by atoms with E-state index in [2.05, 4.69) is 0 Å². The number of aromatic carboxylic acids is 1. The summed E-state index contributed by atoms with van der Waals surface area (Å²) in [4.78, 5) is 21.3. The number of benzene rings is 2. The van der Waals surface area contributed by atoms with Crippen molar-refractivity contribution in [2.75, 3.05) is 0 Å². The van der Waals surface area contributed by atoms with Crippen LogP contribution in [0.3, 0.4) is 0 Å². The van der Waals surface area contributed by atoms with E-state index in [4.69, 9.17) is 9.84 Å². The van der Waals surface area contributed by atoms with Crippen LogP contribution in [0.1, 0.15) is 15.9 Å². The lowest BCUT2D eigenvalue weighted by Crippen LogP contribution is -2.03. The predicted molar refractivity (Wildman–Crippen MR) is 71.3 cm³/mol. The van der Waals surface area contributed by atoms with Gasteiger partial charge in [-0.3, -0.25) is 10.1 Å². The van der Waals surface area contributed by atoms with Crippen molar-refractivity contribution in [2.45, 2.75) is 6.92 Å². The highest BCUT2D eigenvalue weighted by Gasteiger charge is 2.23. The molecule has 0 spiro atoms. The first-order chi connectivity index (χ1) is 9.91. The van der Waals surface area contributed by atoms with Gasteiger partial charge in [-0.15, -0.1) is 0 Å². The summed E-state index contributed by atoms with van der Waals surface area (Å²) in [6.07, 6.45) is 0. The van der Waals surface area contributed by atoms with Gasteiger partial charge in [0.2, 0.25) is 5.75 Å². The highest BCUT2D eigenvalue weighted by Crippen LogP contribution is 2.36. The summed E-state index contributed by atoms with van der Waals surface area (Å²) in [5.74, 6) is -2.95. The van der Waals surface area contributed by atoms with Crippen molar-refractivity contribution in [3.05, 3.63) is 63.5 Å². The SMILES string of the molecule is Cc1cccc(C(=O)O)c1Oc1c(F)cccc1[N+](=O)[O-]. The standard InChI is InChI=1S/C14H10FNO5/c1-8-4-2-5-9(14(17)18)12(8)21-13-10(15)6-3-7-11(13)16(19)20/h2-7H,1H3,(H,17,18). The van der Waals surface area contributed by atoms with Crippen LogP contribution in [-0.4, -0.2) is 16.0 Å². The molecule has 6 nitrogen and oxygen atoms in total. The van der Waals surface area contributed by atoms with Gasteiger partial charge in [-0.05, 0) is 24.6 Å². The van der Waals surface area contributed by atoms with Crippen LogP contribution in [-0.2, 0) is 0 Å². The molecule has 0 aromatic heterocycles. The fraction of sp³-hybridized carbons (Fsp3) is 0.0714. The van der Waals surface area contributed by atoms with Gasteiger partial charge in [0.05, 0.1) is 4.92 Å². The lowest BCUT2D eigenvalue weighted by Gasteiger charge is -2.12. The van der Waals surface area contributed by atoms with E-state index in [1.54, 1.807) is 13.0 Å². The van der Waals surface area contributed by atoms with Crippen LogP contribution in [0.4, 0.5) is 10.1 Å². The number of carbonyl (C=O) groups is 1. The maximum Gasteiger partial charge on any atom is 0.339 e. The monoisotopic (exact) mass is 291 g/mol. The first-order valence-corrected chi connectivity index (χ1v) is 5.85. The number of nitro groups is 1. The van der Waals surface area contributed by atoms with E-state index in [1.165, 1.54) is 18.2 Å². The van der Waals surface area contributed by atoms with Crippen molar-refractivity contribution < 1.29 is 24.0 Å². The average Bonchev–Trinajstić information content (AvgIpc) is 2.42. The van der Waals surface area contributed by atoms with Crippen molar-refractivity contribution >= 4 is 11.7 Å². The van der Waals surface area contributed by atoms with Crippen molar-refractivity contribution in [1.82, 2.24) is 0 Å². The van der Waals surface area contributed by atoms with E-state index in [0.717, 1.165) is 12.1 Å². The molecule has 0 heterocycles. The minimum Gasteiger partial charge on any atom is -0.478 e. The first-order valence-electron chi connectivity index (χ1n) is 5.85. The minimum absolute atomic E-state index is 0.127. The lowest BCUT2D eigenvalue weighted by molar-refractivity contribution is -0.385. The molecule has 0 radical (unpaired) electrons. The van der Waals surface area contributed by atoms with Crippen molar-refractivity contribution in [3.8, 4) is 11.5 Å². The van der Waals surface area contributed by atoms with Gasteiger partial charge in [-0.2, -0.15) is 0 Å². The summed E-state index contributed by atoms with van der Waals surface area (Å²) in [5, 5.41) is 20.0. The van der Waals surface area contributed by atoms with E-state index in [9.17, 15) is 19.3 Å². The molecule has 0 bridgehead atoms. The highest BCUT2D eigenvalue weighted by atomic mass is 19.1. The number of halogens is 1. The topological polar surface area (TPSA) is 89.7 Å². The van der Waals surface area contributed by atoms with Gasteiger partial charge in [0.1, 0.15) is 11.3 Å². The number of nitrogens with zero attached hydrogens (tertiary/aromatic N) is 1. The number of nitro benzene ring substituents is 1. The Morgan fingerprint density at radius 2 is 1.90 bits per heavy atom. The molecule has 0 aliphatic carbocycles. The number of carboxylic acids is 1. The molecule has 2 aromatic carbocycles. The quantitative estimate of drug-likeness (QED) is 0.687. The van der Waals surface area contributed by atoms with Gasteiger partial charge in [0.25, 0.3) is 0 Å². The fourth-order valence-electron chi connectivity index (χ4n) is 1.80. The maximum atomic E-state index is 13.8. The molecule has 21 heavy (non-hydrogen) atoms. The number of ether oxygens (including phenoxy) is 1. The Balaban J connectivity index is 2.59. The Labute approximate surface area is 118 Å². The molecule has 2 rings (SSSR count). The minimum atomic E-state index is -1.27. The van der Waals surface area contributed by atoms with Gasteiger partial charge in [0, 0.05) is 6.07 Å². The van der Waals surface area contributed by atoms with Crippen LogP contribution < -0.4 is 4.74 Å². The average molecular weight is 291 g/mol. The van der Waals surface area contributed by atoms with Crippen molar-refractivity contribution in [2.24, 2.45) is 0 Å². The maximum absolute atomic E-state index is 13.8. The van der Waals surface area contributed by atoms with Crippen LogP contribution in [0.15, 0.2) is 36.4 Å². The van der Waals surface area contributed by atoms with Crippen LogP contribution in [0.25, 0.3) is 0 Å². The molecule has 0 aliphatic heterocycles. The predicted octanol–water partition coefficient (Wildman–Crippen LogP) is 3.53. The zero-order chi connectivity index (χ0) is 15.6. The third-order valence-corrected chi connectivity index (χ3v) is 2.79. The number of rotatable bonds is 4. The Morgan fingerprint density at radius 3 is 2.52 bits per heavy atom. The van der Waals surface area contributed by atoms with Crippen LogP contribution in [0.2, 0.25) is 0 Å². The number of hydrogen-bond donors (Lipinski definition) is 1. The Hall–Kier alpha value is -2.96. The normalized spacial score (nSPS) is 10.2. The summed E-state index contributed by atoms with van der Waals surface area (Å²) in [5.41, 5.74) is -0.352. The number of aryl methyl sites for hydroxylation is 1. The molecule has 0 saturated carbocycles. The zero-order valence-corrected chi connectivity index (χ0v) is 10.9. The molecular formula is C14H10FNO5. The molecule has 0 aliphatic rings. The summed E-state index contributed by atoms with van der Waals surface area (Å²) in [6, 6.07) is 7.60. The van der Waals surface area contributed by atoms with Crippen molar-refractivity contribution in [3.63, 3.8) is 0 Å². The van der Waals surface area contributed by atoms with Crippen LogP contribution in [0.5, 0.6) is 11.5 Å². The molecule has 2 aromatic rings. The van der Waals surface area contributed by atoms with E-state index in [0.29, 0.717) is 5.56 Å². The van der Waals surface area contributed by atoms with Gasteiger partial charge in [-0.1, -0.05) is 18.2 Å². The summed E-state index contributed by atoms with van der Waals surface area (Å²) in [6.45, 7) is 1.56. The molecule has 1 N–H and O–H groups in total. The van der Waals surface area contributed by atoms with E-state index in [1.807, 2.05) is 0 Å². The van der Waals surface area contributed by atoms with Gasteiger partial charge >= 0.3 is 11.7 Å². The van der Waals surface area contributed by atoms with E-state index >= 15 is 0 Å². The highest BCUT2D eigenvalue weighted by molar-refractivity contribution is 5.91. The molecule has 0 saturated heterocycles. The van der Waals surface area contributed by atoms with Crippen molar-refractivity contribution in [1.29, 1.82) is 0 Å². The largest absolute Gasteiger partial charge is 0.478 e. The molecule has 0 atom stereocenters. The molecule has 0 fully saturated rings. The molecule has 0 amide bonds. The second-order valence-corrected chi connectivity index (χ2v) is 4.20. The zero-order valence-electron chi connectivity index (χ0n) is 10.9.